The van der Waals surface area contributed by atoms with Crippen molar-refractivity contribution < 1.29 is 9.47 Å². The molecule has 0 saturated heterocycles. The summed E-state index contributed by atoms with van der Waals surface area (Å²) in [6.07, 6.45) is 0. The standard InChI is InChI=1S/C16H15BrCl2O2/c1-9-5-4-6-10(15(9)17)16(19)11-7-13(20-2)14(21-3)8-12(11)18/h4-8,16H,1-3H3. The first-order chi connectivity index (χ1) is 9.99. The summed E-state index contributed by atoms with van der Waals surface area (Å²) < 4.78 is 11.5. The largest absolute Gasteiger partial charge is 0.493 e. The second-order valence-corrected chi connectivity index (χ2v) is 6.21. The van der Waals surface area contributed by atoms with Crippen molar-refractivity contribution in [2.45, 2.75) is 12.3 Å². The first-order valence-corrected chi connectivity index (χ1v) is 7.90. The summed E-state index contributed by atoms with van der Waals surface area (Å²) in [5, 5.41) is 0.160. The molecule has 2 rings (SSSR count). The van der Waals surface area contributed by atoms with E-state index in [0.717, 1.165) is 21.2 Å². The molecule has 2 aromatic carbocycles. The van der Waals surface area contributed by atoms with Crippen molar-refractivity contribution in [2.75, 3.05) is 14.2 Å². The minimum atomic E-state index is -0.383. The Morgan fingerprint density at radius 3 is 2.29 bits per heavy atom. The molecule has 5 heteroatoms. The summed E-state index contributed by atoms with van der Waals surface area (Å²) in [6.45, 7) is 2.02. The van der Waals surface area contributed by atoms with E-state index in [2.05, 4.69) is 15.9 Å². The maximum atomic E-state index is 6.63. The summed E-state index contributed by atoms with van der Waals surface area (Å²) in [5.41, 5.74) is 2.86. The minimum absolute atomic E-state index is 0.383. The Kier molecular flexibility index (Phi) is 5.42. The number of alkyl halides is 1. The SMILES string of the molecule is COc1cc(Cl)c(C(Cl)c2cccc(C)c2Br)cc1OC. The number of hydrogen-bond acceptors (Lipinski definition) is 2. The fourth-order valence-electron chi connectivity index (χ4n) is 2.10. The lowest BCUT2D eigenvalue weighted by molar-refractivity contribution is 0.354. The quantitative estimate of drug-likeness (QED) is 0.619. The molecular formula is C16H15BrCl2O2. The summed E-state index contributed by atoms with van der Waals surface area (Å²) in [6, 6.07) is 9.50. The summed E-state index contributed by atoms with van der Waals surface area (Å²) in [7, 11) is 3.16. The number of rotatable bonds is 4. The van der Waals surface area contributed by atoms with E-state index in [9.17, 15) is 0 Å². The maximum absolute atomic E-state index is 6.63. The Bertz CT molecular complexity index is 659. The second-order valence-electron chi connectivity index (χ2n) is 4.57. The highest BCUT2D eigenvalue weighted by atomic mass is 79.9. The molecule has 0 saturated carbocycles. The van der Waals surface area contributed by atoms with Crippen molar-refractivity contribution in [1.29, 1.82) is 0 Å². The van der Waals surface area contributed by atoms with Gasteiger partial charge in [0, 0.05) is 15.6 Å². The molecule has 21 heavy (non-hydrogen) atoms. The fraction of sp³-hybridized carbons (Fsp3) is 0.250. The number of halogens is 3. The first-order valence-electron chi connectivity index (χ1n) is 6.30. The van der Waals surface area contributed by atoms with Gasteiger partial charge >= 0.3 is 0 Å². The smallest absolute Gasteiger partial charge is 0.162 e. The molecule has 0 aromatic heterocycles. The Balaban J connectivity index is 2.53. The lowest BCUT2D eigenvalue weighted by Crippen LogP contribution is -1.99. The molecule has 0 heterocycles. The Morgan fingerprint density at radius 1 is 1.05 bits per heavy atom. The van der Waals surface area contributed by atoms with Crippen LogP contribution in [-0.2, 0) is 0 Å². The van der Waals surface area contributed by atoms with Crippen molar-refractivity contribution in [1.82, 2.24) is 0 Å². The van der Waals surface area contributed by atoms with Crippen LogP contribution in [-0.4, -0.2) is 14.2 Å². The van der Waals surface area contributed by atoms with Crippen molar-refractivity contribution in [3.63, 3.8) is 0 Å². The van der Waals surface area contributed by atoms with Gasteiger partial charge in [0.15, 0.2) is 11.5 Å². The molecule has 112 valence electrons. The predicted molar refractivity (Wildman–Crippen MR) is 91.1 cm³/mol. The number of aryl methyl sites for hydroxylation is 1. The molecule has 0 radical (unpaired) electrons. The number of ether oxygens (including phenoxy) is 2. The third kappa shape index (κ3) is 3.31. The van der Waals surface area contributed by atoms with Gasteiger partial charge < -0.3 is 9.47 Å². The summed E-state index contributed by atoms with van der Waals surface area (Å²) >= 11 is 16.5. The van der Waals surface area contributed by atoms with Crippen LogP contribution in [0.2, 0.25) is 5.02 Å². The van der Waals surface area contributed by atoms with Crippen LogP contribution in [0.5, 0.6) is 11.5 Å². The molecule has 1 unspecified atom stereocenters. The zero-order valence-electron chi connectivity index (χ0n) is 11.9. The van der Waals surface area contributed by atoms with Gasteiger partial charge in [0.25, 0.3) is 0 Å². The van der Waals surface area contributed by atoms with Crippen molar-refractivity contribution in [2.24, 2.45) is 0 Å². The van der Waals surface area contributed by atoms with E-state index >= 15 is 0 Å². The maximum Gasteiger partial charge on any atom is 0.162 e. The molecule has 0 spiro atoms. The molecule has 0 N–H and O–H groups in total. The topological polar surface area (TPSA) is 18.5 Å². The van der Waals surface area contributed by atoms with E-state index < -0.39 is 0 Å². The van der Waals surface area contributed by atoms with E-state index in [1.165, 1.54) is 0 Å². The van der Waals surface area contributed by atoms with Crippen LogP contribution in [0.15, 0.2) is 34.8 Å². The Hall–Kier alpha value is -0.900. The van der Waals surface area contributed by atoms with Gasteiger partial charge in [-0.25, -0.2) is 0 Å². The Labute approximate surface area is 143 Å². The van der Waals surface area contributed by atoms with Crippen molar-refractivity contribution in [3.05, 3.63) is 56.5 Å². The van der Waals surface area contributed by atoms with Crippen LogP contribution < -0.4 is 9.47 Å². The molecular weight excluding hydrogens is 375 g/mol. The van der Waals surface area contributed by atoms with Gasteiger partial charge in [-0.1, -0.05) is 45.7 Å². The lowest BCUT2D eigenvalue weighted by atomic mass is 10.0. The highest BCUT2D eigenvalue weighted by Gasteiger charge is 2.20. The van der Waals surface area contributed by atoms with Gasteiger partial charge in [0.05, 0.1) is 19.6 Å². The van der Waals surface area contributed by atoms with Gasteiger partial charge in [-0.15, -0.1) is 11.6 Å². The third-order valence-electron chi connectivity index (χ3n) is 3.27. The Morgan fingerprint density at radius 2 is 1.67 bits per heavy atom. The van der Waals surface area contributed by atoms with Gasteiger partial charge in [-0.05, 0) is 29.7 Å². The van der Waals surface area contributed by atoms with E-state index in [4.69, 9.17) is 32.7 Å². The third-order valence-corrected chi connectivity index (χ3v) is 5.15. The molecule has 0 aliphatic heterocycles. The number of hydrogen-bond donors (Lipinski definition) is 0. The van der Waals surface area contributed by atoms with Crippen LogP contribution in [0.1, 0.15) is 22.1 Å². The van der Waals surface area contributed by atoms with Gasteiger partial charge in [0.2, 0.25) is 0 Å². The molecule has 0 fully saturated rings. The summed E-state index contributed by atoms with van der Waals surface area (Å²) in [5.74, 6) is 1.18. The average Bonchev–Trinajstić information content (AvgIpc) is 2.49. The fourth-order valence-corrected chi connectivity index (χ4v) is 3.40. The van der Waals surface area contributed by atoms with Gasteiger partial charge in [-0.3, -0.25) is 0 Å². The van der Waals surface area contributed by atoms with Crippen LogP contribution in [0.3, 0.4) is 0 Å². The van der Waals surface area contributed by atoms with E-state index in [1.54, 1.807) is 20.3 Å². The van der Waals surface area contributed by atoms with Crippen molar-refractivity contribution in [3.8, 4) is 11.5 Å². The first kappa shape index (κ1) is 16.5. The zero-order valence-corrected chi connectivity index (χ0v) is 15.0. The predicted octanol–water partition coefficient (Wildman–Crippen LogP) is 5.76. The molecule has 2 aromatic rings. The van der Waals surface area contributed by atoms with Gasteiger partial charge in [-0.2, -0.15) is 0 Å². The van der Waals surface area contributed by atoms with Crippen LogP contribution in [0, 0.1) is 6.92 Å². The van der Waals surface area contributed by atoms with Gasteiger partial charge in [0.1, 0.15) is 0 Å². The monoisotopic (exact) mass is 388 g/mol. The molecule has 0 bridgehead atoms. The second kappa shape index (κ2) is 6.91. The van der Waals surface area contributed by atoms with Crippen molar-refractivity contribution >= 4 is 39.1 Å². The van der Waals surface area contributed by atoms with Crippen LogP contribution in [0.4, 0.5) is 0 Å². The minimum Gasteiger partial charge on any atom is -0.493 e. The average molecular weight is 390 g/mol. The zero-order chi connectivity index (χ0) is 15.6. The highest BCUT2D eigenvalue weighted by molar-refractivity contribution is 9.10. The summed E-state index contributed by atoms with van der Waals surface area (Å²) in [4.78, 5) is 0. The van der Waals surface area contributed by atoms with E-state index in [0.29, 0.717) is 16.5 Å². The number of methoxy groups -OCH3 is 2. The van der Waals surface area contributed by atoms with E-state index in [1.807, 2.05) is 31.2 Å². The molecule has 2 nitrogen and oxygen atoms in total. The highest BCUT2D eigenvalue weighted by Crippen LogP contribution is 2.42. The molecule has 0 aliphatic rings. The molecule has 1 atom stereocenters. The normalized spacial score (nSPS) is 12.1. The van der Waals surface area contributed by atoms with E-state index in [-0.39, 0.29) is 5.38 Å². The molecule has 0 amide bonds. The number of benzene rings is 2. The molecule has 0 aliphatic carbocycles. The van der Waals surface area contributed by atoms with Crippen LogP contribution in [0.25, 0.3) is 0 Å². The van der Waals surface area contributed by atoms with Crippen LogP contribution >= 0.6 is 39.1 Å². The lowest BCUT2D eigenvalue weighted by Gasteiger charge is -2.17.